The van der Waals surface area contributed by atoms with Crippen molar-refractivity contribution in [2.24, 2.45) is 0 Å². The smallest absolute Gasteiger partial charge is 0.257 e. The summed E-state index contributed by atoms with van der Waals surface area (Å²) in [5.41, 5.74) is 0.919. The zero-order valence-electron chi connectivity index (χ0n) is 11.9. The van der Waals surface area contributed by atoms with Crippen molar-refractivity contribution < 1.29 is 19.7 Å². The third-order valence-corrected chi connectivity index (χ3v) is 3.19. The molecule has 110 valence electrons. The second-order valence-corrected chi connectivity index (χ2v) is 4.65. The minimum atomic E-state index is -0.408. The molecule has 5 nitrogen and oxygen atoms in total. The maximum absolute atomic E-state index is 12.3. The Morgan fingerprint density at radius 1 is 1.14 bits per heavy atom. The van der Waals surface area contributed by atoms with Gasteiger partial charge >= 0.3 is 0 Å². The van der Waals surface area contributed by atoms with Gasteiger partial charge in [-0.3, -0.25) is 4.79 Å². The number of phenolic OH excluding ortho intramolecular Hbond substituents is 2. The normalized spacial score (nSPS) is 10.2. The molecule has 0 spiro atoms. The van der Waals surface area contributed by atoms with Gasteiger partial charge in [0.2, 0.25) is 0 Å². The second kappa shape index (κ2) is 6.17. The average molecular weight is 287 g/mol. The van der Waals surface area contributed by atoms with Gasteiger partial charge < -0.3 is 19.8 Å². The summed E-state index contributed by atoms with van der Waals surface area (Å²) in [4.78, 5) is 13.8. The molecule has 1 amide bonds. The lowest BCUT2D eigenvalue weighted by atomic mass is 10.1. The van der Waals surface area contributed by atoms with Crippen LogP contribution in [0.1, 0.15) is 15.9 Å². The number of hydrogen-bond donors (Lipinski definition) is 2. The predicted octanol–water partition coefficient (Wildman–Crippen LogP) is 2.38. The summed E-state index contributed by atoms with van der Waals surface area (Å²) in [6.45, 7) is 0.331. The molecule has 0 aliphatic heterocycles. The van der Waals surface area contributed by atoms with Gasteiger partial charge in [0.05, 0.1) is 12.7 Å². The van der Waals surface area contributed by atoms with Gasteiger partial charge in [-0.1, -0.05) is 24.3 Å². The third kappa shape index (κ3) is 3.08. The monoisotopic (exact) mass is 287 g/mol. The van der Waals surface area contributed by atoms with E-state index in [1.165, 1.54) is 23.1 Å². The number of carbonyl (C=O) groups excluding carboxylic acids is 1. The number of benzene rings is 2. The first kappa shape index (κ1) is 14.7. The third-order valence-electron chi connectivity index (χ3n) is 3.19. The molecule has 0 heterocycles. The van der Waals surface area contributed by atoms with Crippen LogP contribution in [0.3, 0.4) is 0 Å². The maximum Gasteiger partial charge on any atom is 0.257 e. The number of rotatable bonds is 4. The summed E-state index contributed by atoms with van der Waals surface area (Å²) in [5.74, 6) is -0.410. The molecule has 5 heteroatoms. The molecule has 0 radical (unpaired) electrons. The summed E-state index contributed by atoms with van der Waals surface area (Å²) >= 11 is 0. The number of para-hydroxylation sites is 2. The molecule has 0 unspecified atom stereocenters. The van der Waals surface area contributed by atoms with Gasteiger partial charge in [-0.05, 0) is 18.2 Å². The Morgan fingerprint density at radius 3 is 2.57 bits per heavy atom. The number of nitrogens with zero attached hydrogens (tertiary/aromatic N) is 1. The van der Waals surface area contributed by atoms with E-state index >= 15 is 0 Å². The zero-order valence-corrected chi connectivity index (χ0v) is 11.9. The molecule has 0 aliphatic carbocycles. The highest BCUT2D eigenvalue weighted by Gasteiger charge is 2.18. The Bertz CT molecular complexity index is 654. The highest BCUT2D eigenvalue weighted by Crippen LogP contribution is 2.29. The molecule has 0 bridgehead atoms. The van der Waals surface area contributed by atoms with E-state index in [-0.39, 0.29) is 17.2 Å². The molecule has 21 heavy (non-hydrogen) atoms. The number of methoxy groups -OCH3 is 1. The van der Waals surface area contributed by atoms with Crippen LogP contribution >= 0.6 is 0 Å². The number of carbonyl (C=O) groups is 1. The van der Waals surface area contributed by atoms with Crippen LogP contribution in [0, 0.1) is 0 Å². The quantitative estimate of drug-likeness (QED) is 0.847. The van der Waals surface area contributed by atoms with Crippen molar-refractivity contribution >= 4 is 5.91 Å². The summed E-state index contributed by atoms with van der Waals surface area (Å²) < 4.78 is 5.25. The largest absolute Gasteiger partial charge is 0.504 e. The molecule has 0 saturated heterocycles. The zero-order chi connectivity index (χ0) is 15.4. The summed E-state index contributed by atoms with van der Waals surface area (Å²) in [6.07, 6.45) is 0. The van der Waals surface area contributed by atoms with E-state index in [0.29, 0.717) is 12.3 Å². The van der Waals surface area contributed by atoms with Crippen molar-refractivity contribution in [2.45, 2.75) is 6.54 Å². The van der Waals surface area contributed by atoms with Crippen molar-refractivity contribution in [1.82, 2.24) is 4.90 Å². The van der Waals surface area contributed by atoms with Crippen LogP contribution in [0.5, 0.6) is 17.2 Å². The van der Waals surface area contributed by atoms with Gasteiger partial charge in [-0.2, -0.15) is 0 Å². The summed E-state index contributed by atoms with van der Waals surface area (Å²) in [7, 11) is 3.19. The predicted molar refractivity (Wildman–Crippen MR) is 78.6 cm³/mol. The minimum absolute atomic E-state index is 0.0624. The lowest BCUT2D eigenvalue weighted by Crippen LogP contribution is -2.26. The van der Waals surface area contributed by atoms with E-state index in [2.05, 4.69) is 0 Å². The first-order chi connectivity index (χ1) is 10.0. The molecular weight excluding hydrogens is 270 g/mol. The van der Waals surface area contributed by atoms with Crippen molar-refractivity contribution in [3.63, 3.8) is 0 Å². The Balaban J connectivity index is 2.22. The lowest BCUT2D eigenvalue weighted by Gasteiger charge is -2.19. The lowest BCUT2D eigenvalue weighted by molar-refractivity contribution is 0.0780. The molecule has 0 aromatic heterocycles. The van der Waals surface area contributed by atoms with Crippen LogP contribution in [0.4, 0.5) is 0 Å². The molecule has 0 saturated carbocycles. The molecule has 2 aromatic rings. The molecular formula is C16H17NO4. The molecule has 0 atom stereocenters. The fourth-order valence-electron chi connectivity index (χ4n) is 2.07. The van der Waals surface area contributed by atoms with E-state index in [1.54, 1.807) is 14.2 Å². The van der Waals surface area contributed by atoms with Crippen LogP contribution in [0.15, 0.2) is 42.5 Å². The first-order valence-corrected chi connectivity index (χ1v) is 6.43. The topological polar surface area (TPSA) is 70.0 Å². The van der Waals surface area contributed by atoms with E-state index in [9.17, 15) is 15.0 Å². The van der Waals surface area contributed by atoms with Crippen molar-refractivity contribution in [1.29, 1.82) is 0 Å². The fourth-order valence-corrected chi connectivity index (χ4v) is 2.07. The minimum Gasteiger partial charge on any atom is -0.504 e. The van der Waals surface area contributed by atoms with E-state index < -0.39 is 5.75 Å². The van der Waals surface area contributed by atoms with Gasteiger partial charge in [-0.15, -0.1) is 0 Å². The summed E-state index contributed by atoms with van der Waals surface area (Å²) in [6, 6.07) is 11.7. The van der Waals surface area contributed by atoms with Crippen LogP contribution in [-0.2, 0) is 6.54 Å². The van der Waals surface area contributed by atoms with Crippen molar-refractivity contribution in [2.75, 3.05) is 14.2 Å². The Hall–Kier alpha value is -2.69. The first-order valence-electron chi connectivity index (χ1n) is 6.43. The number of phenols is 2. The highest BCUT2D eigenvalue weighted by molar-refractivity contribution is 5.97. The summed E-state index contributed by atoms with van der Waals surface area (Å²) in [5, 5.41) is 19.2. The van der Waals surface area contributed by atoms with Gasteiger partial charge in [0.25, 0.3) is 5.91 Å². The van der Waals surface area contributed by atoms with Gasteiger partial charge in [0.1, 0.15) is 5.75 Å². The Labute approximate surface area is 123 Å². The van der Waals surface area contributed by atoms with Crippen LogP contribution in [0.2, 0.25) is 0 Å². The standard InChI is InChI=1S/C16H17NO4/c1-17(10-11-6-3-4-9-14(11)21-2)16(20)12-7-5-8-13(18)15(12)19/h3-9,18-19H,10H2,1-2H3. The van der Waals surface area contributed by atoms with E-state index in [0.717, 1.165) is 5.56 Å². The number of ether oxygens (including phenoxy) is 1. The molecule has 2 aromatic carbocycles. The molecule has 2 N–H and O–H groups in total. The van der Waals surface area contributed by atoms with Gasteiger partial charge in [-0.25, -0.2) is 0 Å². The van der Waals surface area contributed by atoms with Crippen molar-refractivity contribution in [3.05, 3.63) is 53.6 Å². The van der Waals surface area contributed by atoms with Crippen LogP contribution in [-0.4, -0.2) is 35.2 Å². The molecule has 0 fully saturated rings. The highest BCUT2D eigenvalue weighted by atomic mass is 16.5. The molecule has 0 aliphatic rings. The second-order valence-electron chi connectivity index (χ2n) is 4.65. The average Bonchev–Trinajstić information content (AvgIpc) is 2.50. The van der Waals surface area contributed by atoms with Gasteiger partial charge in [0.15, 0.2) is 11.5 Å². The number of hydrogen-bond acceptors (Lipinski definition) is 4. The van der Waals surface area contributed by atoms with E-state index in [4.69, 9.17) is 4.74 Å². The Morgan fingerprint density at radius 2 is 1.86 bits per heavy atom. The number of amides is 1. The molecule has 2 rings (SSSR count). The van der Waals surface area contributed by atoms with Crippen LogP contribution < -0.4 is 4.74 Å². The Kier molecular flexibility index (Phi) is 4.33. The SMILES string of the molecule is COc1ccccc1CN(C)C(=O)c1cccc(O)c1O. The van der Waals surface area contributed by atoms with Crippen molar-refractivity contribution in [3.8, 4) is 17.2 Å². The van der Waals surface area contributed by atoms with E-state index in [1.807, 2.05) is 24.3 Å². The van der Waals surface area contributed by atoms with Crippen LogP contribution in [0.25, 0.3) is 0 Å². The van der Waals surface area contributed by atoms with Gasteiger partial charge in [0, 0.05) is 19.2 Å². The fraction of sp³-hybridized carbons (Fsp3) is 0.188. The maximum atomic E-state index is 12.3. The number of aromatic hydroxyl groups is 2.